The summed E-state index contributed by atoms with van der Waals surface area (Å²) in [6.45, 7) is 2.02. The first-order valence-electron chi connectivity index (χ1n) is 14.4. The van der Waals surface area contributed by atoms with E-state index in [1.165, 1.54) is 16.5 Å². The lowest BCUT2D eigenvalue weighted by atomic mass is 9.73. The Bertz CT molecular complexity index is 1520. The van der Waals surface area contributed by atoms with E-state index in [1.807, 2.05) is 18.2 Å². The Morgan fingerprint density at radius 2 is 1.83 bits per heavy atom. The number of carbonyl (C=O) groups is 1. The minimum atomic E-state index is -2.80. The molecule has 1 aliphatic carbocycles. The molecule has 2 aromatic carbocycles. The predicted octanol–water partition coefficient (Wildman–Crippen LogP) is 3.79. The Morgan fingerprint density at radius 3 is 2.60 bits per heavy atom. The smallest absolute Gasteiger partial charge is 0.280 e. The molecule has 3 heterocycles. The number of aromatic nitrogens is 2. The summed E-state index contributed by atoms with van der Waals surface area (Å²) in [5, 5.41) is 14.6. The average Bonchev–Trinajstić information content (AvgIpc) is 3.45. The van der Waals surface area contributed by atoms with Gasteiger partial charge in [-0.3, -0.25) is 14.2 Å². The lowest BCUT2D eigenvalue weighted by Gasteiger charge is -2.42. The van der Waals surface area contributed by atoms with E-state index in [2.05, 4.69) is 10.3 Å². The van der Waals surface area contributed by atoms with E-state index in [9.17, 15) is 23.5 Å². The lowest BCUT2D eigenvalue weighted by Crippen LogP contribution is -2.52. The normalized spacial score (nSPS) is 22.9. The Labute approximate surface area is 242 Å². The number of fused-ring (bicyclic) bond motifs is 1. The Hall–Kier alpha value is -3.83. The van der Waals surface area contributed by atoms with E-state index in [0.717, 1.165) is 24.2 Å². The van der Waals surface area contributed by atoms with Crippen LogP contribution >= 0.6 is 0 Å². The van der Waals surface area contributed by atoms with Gasteiger partial charge in [0.2, 0.25) is 17.7 Å². The van der Waals surface area contributed by atoms with Crippen LogP contribution in [-0.2, 0) is 24.4 Å². The molecule has 4 N–H and O–H groups in total. The summed E-state index contributed by atoms with van der Waals surface area (Å²) < 4.78 is 35.8. The van der Waals surface area contributed by atoms with Crippen LogP contribution in [0.2, 0.25) is 0 Å². The number of nitrogens with zero attached hydrogens (tertiary/aromatic N) is 3. The highest BCUT2D eigenvalue weighted by atomic mass is 19.3. The number of benzene rings is 2. The third kappa shape index (κ3) is 5.76. The van der Waals surface area contributed by atoms with Crippen LogP contribution in [0.5, 0.6) is 11.6 Å². The van der Waals surface area contributed by atoms with Crippen molar-refractivity contribution in [1.29, 1.82) is 0 Å². The average molecular weight is 580 g/mol. The van der Waals surface area contributed by atoms with Gasteiger partial charge in [-0.1, -0.05) is 36.4 Å². The molecule has 3 aromatic rings. The summed E-state index contributed by atoms with van der Waals surface area (Å²) in [5.74, 6) is -3.54. The molecule has 3 aliphatic rings. The van der Waals surface area contributed by atoms with Gasteiger partial charge in [-0.2, -0.15) is 0 Å². The number of hydrogen-bond acceptors (Lipinski definition) is 7. The van der Waals surface area contributed by atoms with Gasteiger partial charge in [0.15, 0.2) is 5.69 Å². The predicted molar refractivity (Wildman–Crippen MR) is 152 cm³/mol. The van der Waals surface area contributed by atoms with E-state index in [4.69, 9.17) is 10.5 Å². The number of alkyl halides is 2. The van der Waals surface area contributed by atoms with Gasteiger partial charge in [0.25, 0.3) is 5.56 Å². The number of aliphatic hydroxyl groups is 1. The topological polar surface area (TPSA) is 123 Å². The van der Waals surface area contributed by atoms with Crippen molar-refractivity contribution in [3.63, 3.8) is 0 Å². The van der Waals surface area contributed by atoms with Crippen molar-refractivity contribution in [3.8, 4) is 11.6 Å². The molecule has 11 heteroatoms. The molecule has 0 bridgehead atoms. The first kappa shape index (κ1) is 28.3. The molecule has 222 valence electrons. The standard InChI is InChI=1S/C31H35F2N5O4/c32-31(33)9-8-24(25(15-31)20-4-2-1-3-5-20)28(39)37-12-10-30(41,11-13-37)18-38-19-36-27(26(34)29(38)40)42-23-7-6-21-16-35-17-22(21)14-23/h1-7,14,19,24-25,35,41H,8-13,15-18,34H2/t24-,25+/m1/s1. The summed E-state index contributed by atoms with van der Waals surface area (Å²) in [7, 11) is 0. The third-order valence-electron chi connectivity index (χ3n) is 8.90. The van der Waals surface area contributed by atoms with Gasteiger partial charge in [-0.05, 0) is 48.1 Å². The monoisotopic (exact) mass is 579 g/mol. The number of nitrogens with two attached hydrogens (primary N) is 1. The van der Waals surface area contributed by atoms with Gasteiger partial charge >= 0.3 is 0 Å². The van der Waals surface area contributed by atoms with E-state index >= 15 is 0 Å². The number of carbonyl (C=O) groups excluding carboxylic acids is 1. The second kappa shape index (κ2) is 11.1. The Balaban J connectivity index is 1.10. The van der Waals surface area contributed by atoms with Crippen LogP contribution in [-0.4, -0.2) is 50.1 Å². The minimum absolute atomic E-state index is 0.000548. The largest absolute Gasteiger partial charge is 0.437 e. The van der Waals surface area contributed by atoms with Crippen molar-refractivity contribution in [2.75, 3.05) is 18.8 Å². The van der Waals surface area contributed by atoms with E-state index in [1.54, 1.807) is 35.2 Å². The number of anilines is 1. The highest BCUT2D eigenvalue weighted by Gasteiger charge is 2.46. The molecule has 1 saturated carbocycles. The van der Waals surface area contributed by atoms with Crippen molar-refractivity contribution in [2.45, 2.75) is 69.2 Å². The molecular formula is C31H35F2N5O4. The van der Waals surface area contributed by atoms with Crippen molar-refractivity contribution in [1.82, 2.24) is 19.8 Å². The second-order valence-corrected chi connectivity index (χ2v) is 11.8. The van der Waals surface area contributed by atoms with E-state index in [-0.39, 0.29) is 69.2 Å². The van der Waals surface area contributed by atoms with Crippen LogP contribution in [0.1, 0.15) is 54.7 Å². The highest BCUT2D eigenvalue weighted by Crippen LogP contribution is 2.46. The number of hydrogen-bond donors (Lipinski definition) is 3. The van der Waals surface area contributed by atoms with Gasteiger partial charge in [0.1, 0.15) is 12.1 Å². The van der Waals surface area contributed by atoms with Crippen LogP contribution in [0.3, 0.4) is 0 Å². The fourth-order valence-electron chi connectivity index (χ4n) is 6.46. The van der Waals surface area contributed by atoms with Crippen LogP contribution in [0.25, 0.3) is 0 Å². The zero-order valence-electron chi connectivity index (χ0n) is 23.3. The zero-order chi connectivity index (χ0) is 29.5. The van der Waals surface area contributed by atoms with E-state index < -0.39 is 28.9 Å². The molecule has 2 fully saturated rings. The molecule has 9 nitrogen and oxygen atoms in total. The molecule has 1 amide bonds. The summed E-state index contributed by atoms with van der Waals surface area (Å²) in [6.07, 6.45) is 1.21. The highest BCUT2D eigenvalue weighted by molar-refractivity contribution is 5.80. The zero-order valence-corrected chi connectivity index (χ0v) is 23.3. The number of nitrogens with one attached hydrogen (secondary N) is 1. The molecule has 2 atom stereocenters. The number of rotatable bonds is 6. The van der Waals surface area contributed by atoms with Gasteiger partial charge in [0, 0.05) is 50.9 Å². The molecule has 0 spiro atoms. The number of likely N-dealkylation sites (tertiary alicyclic amines) is 1. The maximum Gasteiger partial charge on any atom is 0.280 e. The van der Waals surface area contributed by atoms with Gasteiger partial charge in [-0.25, -0.2) is 13.8 Å². The third-order valence-corrected chi connectivity index (χ3v) is 8.90. The molecule has 6 rings (SSSR count). The van der Waals surface area contributed by atoms with Gasteiger partial charge in [-0.15, -0.1) is 0 Å². The number of nitrogen functional groups attached to an aromatic ring is 1. The summed E-state index contributed by atoms with van der Waals surface area (Å²) in [5.41, 5.74) is 7.20. The summed E-state index contributed by atoms with van der Waals surface area (Å²) >= 11 is 0. The fraction of sp³-hybridized carbons (Fsp3) is 0.452. The van der Waals surface area contributed by atoms with Crippen LogP contribution < -0.4 is 21.3 Å². The minimum Gasteiger partial charge on any atom is -0.437 e. The molecule has 2 aliphatic heterocycles. The van der Waals surface area contributed by atoms with Gasteiger partial charge in [0.05, 0.1) is 12.1 Å². The van der Waals surface area contributed by atoms with Crippen molar-refractivity contribution in [3.05, 3.63) is 81.9 Å². The fourth-order valence-corrected chi connectivity index (χ4v) is 6.46. The van der Waals surface area contributed by atoms with E-state index in [0.29, 0.717) is 5.75 Å². The number of piperidine rings is 1. The Kier molecular flexibility index (Phi) is 7.48. The number of amides is 1. The second-order valence-electron chi connectivity index (χ2n) is 11.8. The molecule has 0 unspecified atom stereocenters. The van der Waals surface area contributed by atoms with Crippen molar-refractivity contribution in [2.24, 2.45) is 5.92 Å². The maximum atomic E-state index is 14.4. The van der Waals surface area contributed by atoms with Gasteiger partial charge < -0.3 is 25.8 Å². The molecule has 0 radical (unpaired) electrons. The first-order valence-corrected chi connectivity index (χ1v) is 14.4. The molecular weight excluding hydrogens is 544 g/mol. The summed E-state index contributed by atoms with van der Waals surface area (Å²) in [4.78, 5) is 32.5. The molecule has 42 heavy (non-hydrogen) atoms. The summed E-state index contributed by atoms with van der Waals surface area (Å²) in [6, 6.07) is 14.7. The van der Waals surface area contributed by atoms with Crippen LogP contribution in [0.15, 0.2) is 59.7 Å². The Morgan fingerprint density at radius 1 is 1.10 bits per heavy atom. The quantitative estimate of drug-likeness (QED) is 0.406. The molecule has 1 aromatic heterocycles. The first-order chi connectivity index (χ1) is 20.1. The number of ether oxygens (including phenoxy) is 1. The maximum absolute atomic E-state index is 14.4. The van der Waals surface area contributed by atoms with Crippen LogP contribution in [0.4, 0.5) is 14.5 Å². The van der Waals surface area contributed by atoms with Crippen molar-refractivity contribution < 1.29 is 23.4 Å². The lowest BCUT2D eigenvalue weighted by molar-refractivity contribution is -0.145. The van der Waals surface area contributed by atoms with Crippen molar-refractivity contribution >= 4 is 11.6 Å². The SMILES string of the molecule is Nc1c(Oc2ccc3c(c2)CNC3)ncn(CC2(O)CCN(C(=O)[C@@H]3CCC(F)(F)C[C@H]3c3ccccc3)CC2)c1=O. The van der Waals surface area contributed by atoms with Crippen LogP contribution in [0, 0.1) is 5.92 Å². The molecule has 1 saturated heterocycles. The number of halogens is 2.